The van der Waals surface area contributed by atoms with Gasteiger partial charge in [0, 0.05) is 17.1 Å². The predicted molar refractivity (Wildman–Crippen MR) is 70.2 cm³/mol. The Morgan fingerprint density at radius 2 is 2.06 bits per heavy atom. The molecule has 17 heavy (non-hydrogen) atoms. The molecule has 1 aliphatic heterocycles. The molecule has 3 N–H and O–H groups in total. The van der Waals surface area contributed by atoms with Crippen LogP contribution < -0.4 is 10.5 Å². The quantitative estimate of drug-likeness (QED) is 0.872. The van der Waals surface area contributed by atoms with Crippen LogP contribution >= 0.6 is 11.8 Å². The lowest BCUT2D eigenvalue weighted by Gasteiger charge is -2.25. The highest BCUT2D eigenvalue weighted by molar-refractivity contribution is 8.00. The van der Waals surface area contributed by atoms with Gasteiger partial charge in [0.05, 0.1) is 6.20 Å². The van der Waals surface area contributed by atoms with Gasteiger partial charge in [0.2, 0.25) is 0 Å². The molecule has 0 unspecified atom stereocenters. The van der Waals surface area contributed by atoms with Crippen LogP contribution in [0.2, 0.25) is 0 Å². The van der Waals surface area contributed by atoms with Gasteiger partial charge in [-0.3, -0.25) is 5.10 Å². The number of benzene rings is 1. The van der Waals surface area contributed by atoms with E-state index < -0.39 is 0 Å². The van der Waals surface area contributed by atoms with Crippen LogP contribution in [0, 0.1) is 0 Å². The molecule has 0 saturated carbocycles. The van der Waals surface area contributed by atoms with Crippen LogP contribution in [-0.4, -0.2) is 27.8 Å². The molecule has 0 aliphatic carbocycles. The van der Waals surface area contributed by atoms with Gasteiger partial charge in [-0.1, -0.05) is 12.1 Å². The van der Waals surface area contributed by atoms with Gasteiger partial charge >= 0.3 is 0 Å². The van der Waals surface area contributed by atoms with Crippen LogP contribution in [0.1, 0.15) is 0 Å². The highest BCUT2D eigenvalue weighted by atomic mass is 32.2. The molecule has 0 spiro atoms. The third-order valence-corrected chi connectivity index (χ3v) is 3.96. The van der Waals surface area contributed by atoms with E-state index in [1.807, 2.05) is 36.0 Å². The van der Waals surface area contributed by atoms with E-state index in [0.717, 1.165) is 28.4 Å². The Labute approximate surface area is 104 Å². The number of aromatic amines is 1. The summed E-state index contributed by atoms with van der Waals surface area (Å²) in [6, 6.07) is 7.96. The molecule has 2 heterocycles. The van der Waals surface area contributed by atoms with Crippen molar-refractivity contribution < 1.29 is 4.74 Å². The van der Waals surface area contributed by atoms with Gasteiger partial charge < -0.3 is 10.5 Å². The average molecular weight is 247 g/mol. The number of nitrogens with two attached hydrogens (primary N) is 1. The smallest absolute Gasteiger partial charge is 0.126 e. The molecule has 1 aromatic heterocycles. The molecule has 1 aliphatic rings. The zero-order valence-corrected chi connectivity index (χ0v) is 10.0. The Morgan fingerprint density at radius 1 is 1.29 bits per heavy atom. The standard InChI is InChI=1S/C12H13N3OS/c13-12-11(5-14-15-12)8-1-3-9(4-2-8)16-10-6-17-7-10/h1-5,10H,6-7H2,(H3,13,14,15). The second kappa shape index (κ2) is 4.33. The van der Waals surface area contributed by atoms with E-state index in [4.69, 9.17) is 10.5 Å². The number of H-pyrrole nitrogens is 1. The molecule has 5 heteroatoms. The van der Waals surface area contributed by atoms with Gasteiger partial charge in [-0.2, -0.15) is 16.9 Å². The lowest BCUT2D eigenvalue weighted by atomic mass is 10.1. The number of rotatable bonds is 3. The minimum Gasteiger partial charge on any atom is -0.489 e. The number of nitrogen functional groups attached to an aromatic ring is 1. The zero-order valence-electron chi connectivity index (χ0n) is 9.22. The van der Waals surface area contributed by atoms with Crippen molar-refractivity contribution in [3.05, 3.63) is 30.5 Å². The van der Waals surface area contributed by atoms with E-state index in [0.29, 0.717) is 11.9 Å². The number of aromatic nitrogens is 2. The zero-order chi connectivity index (χ0) is 11.7. The fourth-order valence-electron chi connectivity index (χ4n) is 1.71. The van der Waals surface area contributed by atoms with Crippen molar-refractivity contribution in [2.24, 2.45) is 0 Å². The third kappa shape index (κ3) is 2.10. The third-order valence-electron chi connectivity index (χ3n) is 2.74. The number of anilines is 1. The van der Waals surface area contributed by atoms with Gasteiger partial charge in [-0.15, -0.1) is 0 Å². The highest BCUT2D eigenvalue weighted by Gasteiger charge is 2.19. The van der Waals surface area contributed by atoms with Gasteiger partial charge in [-0.25, -0.2) is 0 Å². The molecule has 0 radical (unpaired) electrons. The normalized spacial score (nSPS) is 15.5. The molecule has 88 valence electrons. The Kier molecular flexibility index (Phi) is 2.68. The Hall–Kier alpha value is -1.62. The van der Waals surface area contributed by atoms with Crippen LogP contribution in [0.15, 0.2) is 30.5 Å². The molecule has 3 rings (SSSR count). The second-order valence-corrected chi connectivity index (χ2v) is 5.07. The van der Waals surface area contributed by atoms with Crippen molar-refractivity contribution in [3.63, 3.8) is 0 Å². The molecule has 0 amide bonds. The molecule has 1 fully saturated rings. The molecular formula is C12H13N3OS. The minimum absolute atomic E-state index is 0.379. The van der Waals surface area contributed by atoms with Gasteiger partial charge in [-0.05, 0) is 17.7 Å². The predicted octanol–water partition coefficient (Wildman–Crippen LogP) is 2.15. The fraction of sp³-hybridized carbons (Fsp3) is 0.250. The second-order valence-electron chi connectivity index (χ2n) is 4.00. The minimum atomic E-state index is 0.379. The maximum Gasteiger partial charge on any atom is 0.126 e. The molecule has 1 saturated heterocycles. The fourth-order valence-corrected chi connectivity index (χ4v) is 2.28. The Bertz CT molecular complexity index is 505. The first-order valence-electron chi connectivity index (χ1n) is 5.46. The first-order chi connectivity index (χ1) is 8.33. The first-order valence-corrected chi connectivity index (χ1v) is 6.62. The summed E-state index contributed by atoms with van der Waals surface area (Å²) in [6.07, 6.45) is 2.11. The summed E-state index contributed by atoms with van der Waals surface area (Å²) in [5, 5.41) is 6.63. The van der Waals surface area contributed by atoms with Crippen molar-refractivity contribution >= 4 is 17.6 Å². The van der Waals surface area contributed by atoms with Crippen molar-refractivity contribution in [3.8, 4) is 16.9 Å². The van der Waals surface area contributed by atoms with Gasteiger partial charge in [0.15, 0.2) is 0 Å². The van der Waals surface area contributed by atoms with Crippen LogP contribution in [0.25, 0.3) is 11.1 Å². The number of ether oxygens (including phenoxy) is 1. The lowest BCUT2D eigenvalue weighted by Crippen LogP contribution is -2.30. The average Bonchev–Trinajstić information content (AvgIpc) is 2.71. The van der Waals surface area contributed by atoms with Crippen LogP contribution in [0.5, 0.6) is 5.75 Å². The van der Waals surface area contributed by atoms with Crippen molar-refractivity contribution in [2.45, 2.75) is 6.10 Å². The highest BCUT2D eigenvalue weighted by Crippen LogP contribution is 2.28. The summed E-state index contributed by atoms with van der Waals surface area (Å²) in [6.45, 7) is 0. The number of hydrogen-bond donors (Lipinski definition) is 2. The van der Waals surface area contributed by atoms with Crippen molar-refractivity contribution in [2.75, 3.05) is 17.2 Å². The molecule has 0 bridgehead atoms. The summed E-state index contributed by atoms with van der Waals surface area (Å²) in [5.41, 5.74) is 7.74. The maximum absolute atomic E-state index is 5.78. The van der Waals surface area contributed by atoms with E-state index in [1.54, 1.807) is 6.20 Å². The Balaban J connectivity index is 1.77. The SMILES string of the molecule is Nc1[nH]ncc1-c1ccc(OC2CSC2)cc1. The molecule has 0 atom stereocenters. The van der Waals surface area contributed by atoms with E-state index in [-0.39, 0.29) is 0 Å². The molecular weight excluding hydrogens is 234 g/mol. The maximum atomic E-state index is 5.78. The summed E-state index contributed by atoms with van der Waals surface area (Å²) in [7, 11) is 0. The van der Waals surface area contributed by atoms with Crippen LogP contribution in [-0.2, 0) is 0 Å². The summed E-state index contributed by atoms with van der Waals surface area (Å²) < 4.78 is 5.78. The van der Waals surface area contributed by atoms with E-state index in [1.165, 1.54) is 0 Å². The first kappa shape index (κ1) is 10.5. The monoisotopic (exact) mass is 247 g/mol. The van der Waals surface area contributed by atoms with Crippen molar-refractivity contribution in [1.29, 1.82) is 0 Å². The topological polar surface area (TPSA) is 63.9 Å². The largest absolute Gasteiger partial charge is 0.489 e. The summed E-state index contributed by atoms with van der Waals surface area (Å²) in [5.74, 6) is 3.70. The lowest BCUT2D eigenvalue weighted by molar-refractivity contribution is 0.240. The molecule has 4 nitrogen and oxygen atoms in total. The Morgan fingerprint density at radius 3 is 2.59 bits per heavy atom. The van der Waals surface area contributed by atoms with E-state index >= 15 is 0 Å². The number of nitrogens with zero attached hydrogens (tertiary/aromatic N) is 1. The van der Waals surface area contributed by atoms with Crippen LogP contribution in [0.3, 0.4) is 0 Å². The molecule has 2 aromatic rings. The van der Waals surface area contributed by atoms with E-state index in [2.05, 4.69) is 10.2 Å². The summed E-state index contributed by atoms with van der Waals surface area (Å²) >= 11 is 1.91. The van der Waals surface area contributed by atoms with Crippen LogP contribution in [0.4, 0.5) is 5.82 Å². The van der Waals surface area contributed by atoms with Gasteiger partial charge in [0.25, 0.3) is 0 Å². The van der Waals surface area contributed by atoms with E-state index in [9.17, 15) is 0 Å². The van der Waals surface area contributed by atoms with Crippen molar-refractivity contribution in [1.82, 2.24) is 10.2 Å². The number of thioether (sulfide) groups is 1. The molecule has 1 aromatic carbocycles. The van der Waals surface area contributed by atoms with Gasteiger partial charge in [0.1, 0.15) is 17.7 Å². The summed E-state index contributed by atoms with van der Waals surface area (Å²) in [4.78, 5) is 0. The number of nitrogens with one attached hydrogen (secondary N) is 1. The number of hydrogen-bond acceptors (Lipinski definition) is 4.